The fourth-order valence-electron chi connectivity index (χ4n) is 3.99. The zero-order chi connectivity index (χ0) is 14.8. The van der Waals surface area contributed by atoms with Crippen molar-refractivity contribution < 1.29 is 9.90 Å². The Kier molecular flexibility index (Phi) is 4.27. The van der Waals surface area contributed by atoms with Crippen molar-refractivity contribution in [3.8, 4) is 0 Å². The van der Waals surface area contributed by atoms with Crippen LogP contribution < -0.4 is 5.32 Å². The molecule has 2 aliphatic carbocycles. The van der Waals surface area contributed by atoms with Gasteiger partial charge < -0.3 is 10.4 Å². The average Bonchev–Trinajstić information content (AvgIpc) is 2.96. The summed E-state index contributed by atoms with van der Waals surface area (Å²) in [6.45, 7) is 0.432. The molecule has 21 heavy (non-hydrogen) atoms. The average molecular weight is 288 g/mol. The Morgan fingerprint density at radius 1 is 1.19 bits per heavy atom. The van der Waals surface area contributed by atoms with E-state index in [2.05, 4.69) is 10.2 Å². The molecule has 2 N–H and O–H groups in total. The molecular weight excluding hydrogens is 264 g/mol. The van der Waals surface area contributed by atoms with Crippen molar-refractivity contribution in [1.29, 1.82) is 0 Å². The Bertz CT molecular complexity index is 477. The minimum Gasteiger partial charge on any atom is -0.393 e. The van der Waals surface area contributed by atoms with Gasteiger partial charge in [-0.15, -0.1) is 0 Å². The van der Waals surface area contributed by atoms with Gasteiger partial charge in [0.15, 0.2) is 0 Å². The van der Waals surface area contributed by atoms with Crippen LogP contribution in [0.5, 0.6) is 0 Å². The predicted molar refractivity (Wildman–Crippen MR) is 82.9 cm³/mol. The first-order valence-corrected chi connectivity index (χ1v) is 7.85. The lowest BCUT2D eigenvalue weighted by atomic mass is 10.0. The van der Waals surface area contributed by atoms with E-state index in [-0.39, 0.29) is 12.0 Å². The number of aliphatic hydroxyl groups is 1. The predicted octanol–water partition coefficient (Wildman–Crippen LogP) is 2.11. The van der Waals surface area contributed by atoms with E-state index in [0.29, 0.717) is 24.4 Å². The lowest BCUT2D eigenvalue weighted by molar-refractivity contribution is -0.117. The van der Waals surface area contributed by atoms with Gasteiger partial charge in [0.05, 0.1) is 12.6 Å². The summed E-state index contributed by atoms with van der Waals surface area (Å²) in [5, 5.41) is 12.6. The van der Waals surface area contributed by atoms with Gasteiger partial charge in [-0.3, -0.25) is 9.69 Å². The number of carbonyl (C=O) groups is 1. The van der Waals surface area contributed by atoms with Crippen LogP contribution in [0.1, 0.15) is 25.7 Å². The minimum atomic E-state index is -0.0902. The Balaban J connectivity index is 1.48. The van der Waals surface area contributed by atoms with Crippen molar-refractivity contribution >= 4 is 11.6 Å². The van der Waals surface area contributed by atoms with Crippen LogP contribution >= 0.6 is 0 Å². The monoisotopic (exact) mass is 288 g/mol. The van der Waals surface area contributed by atoms with Gasteiger partial charge in [0.2, 0.25) is 5.91 Å². The molecule has 0 bridgehead atoms. The molecule has 4 heteroatoms. The van der Waals surface area contributed by atoms with Crippen LogP contribution in [0.3, 0.4) is 0 Å². The maximum absolute atomic E-state index is 12.1. The molecule has 4 nitrogen and oxygen atoms in total. The lowest BCUT2D eigenvalue weighted by Crippen LogP contribution is -2.37. The quantitative estimate of drug-likeness (QED) is 0.892. The first kappa shape index (κ1) is 14.5. The number of para-hydroxylation sites is 1. The second kappa shape index (κ2) is 6.16. The number of benzene rings is 1. The highest BCUT2D eigenvalue weighted by Crippen LogP contribution is 2.45. The van der Waals surface area contributed by atoms with Gasteiger partial charge in [-0.05, 0) is 56.7 Å². The van der Waals surface area contributed by atoms with E-state index < -0.39 is 0 Å². The molecule has 114 valence electrons. The number of rotatable bonds is 4. The number of hydrogen-bond donors (Lipinski definition) is 2. The number of anilines is 1. The number of amides is 1. The van der Waals surface area contributed by atoms with E-state index in [4.69, 9.17) is 0 Å². The van der Waals surface area contributed by atoms with Gasteiger partial charge in [-0.2, -0.15) is 0 Å². The number of nitrogens with one attached hydrogen (secondary N) is 1. The molecule has 2 unspecified atom stereocenters. The fraction of sp³-hybridized carbons (Fsp3) is 0.588. The third-order valence-electron chi connectivity index (χ3n) is 5.04. The van der Waals surface area contributed by atoms with E-state index in [0.717, 1.165) is 31.4 Å². The number of hydrogen-bond acceptors (Lipinski definition) is 3. The molecule has 4 atom stereocenters. The van der Waals surface area contributed by atoms with Crippen LogP contribution in [0.2, 0.25) is 0 Å². The van der Waals surface area contributed by atoms with Crippen molar-refractivity contribution in [3.63, 3.8) is 0 Å². The van der Waals surface area contributed by atoms with Crippen LogP contribution in [0.15, 0.2) is 30.3 Å². The number of carbonyl (C=O) groups excluding carboxylic acids is 1. The summed E-state index contributed by atoms with van der Waals surface area (Å²) in [6, 6.07) is 10.1. The van der Waals surface area contributed by atoms with Gasteiger partial charge in [-0.25, -0.2) is 0 Å². The van der Waals surface area contributed by atoms with Gasteiger partial charge in [0, 0.05) is 11.7 Å². The van der Waals surface area contributed by atoms with Crippen LogP contribution in [0.4, 0.5) is 5.69 Å². The molecule has 2 aliphatic rings. The molecule has 0 saturated heterocycles. The van der Waals surface area contributed by atoms with E-state index in [1.807, 2.05) is 37.4 Å². The lowest BCUT2D eigenvalue weighted by Gasteiger charge is -2.24. The molecule has 3 rings (SSSR count). The summed E-state index contributed by atoms with van der Waals surface area (Å²) in [6.07, 6.45) is 4.05. The van der Waals surface area contributed by atoms with Gasteiger partial charge in [0.1, 0.15) is 0 Å². The Morgan fingerprint density at radius 2 is 1.81 bits per heavy atom. The largest absolute Gasteiger partial charge is 0.393 e. The zero-order valence-corrected chi connectivity index (χ0v) is 12.5. The first-order chi connectivity index (χ1) is 10.1. The fourth-order valence-corrected chi connectivity index (χ4v) is 3.99. The minimum absolute atomic E-state index is 0.0424. The van der Waals surface area contributed by atoms with Crippen LogP contribution in [0, 0.1) is 11.8 Å². The maximum atomic E-state index is 12.1. The second-order valence-electron chi connectivity index (χ2n) is 6.60. The second-order valence-corrected chi connectivity index (χ2v) is 6.60. The number of aliphatic hydroxyl groups excluding tert-OH is 1. The maximum Gasteiger partial charge on any atom is 0.238 e. The SMILES string of the molecule is CN(CC(=O)Nc1ccccc1)C1C[C@H]2CC(O)C[C@H]2C1. The third-order valence-corrected chi connectivity index (χ3v) is 5.04. The molecule has 0 heterocycles. The highest BCUT2D eigenvalue weighted by Gasteiger charge is 2.42. The van der Waals surface area contributed by atoms with E-state index in [1.165, 1.54) is 0 Å². The van der Waals surface area contributed by atoms with Crippen molar-refractivity contribution in [2.75, 3.05) is 18.9 Å². The molecule has 1 amide bonds. The molecule has 2 saturated carbocycles. The first-order valence-electron chi connectivity index (χ1n) is 7.85. The summed E-state index contributed by atoms with van der Waals surface area (Å²) < 4.78 is 0. The number of nitrogens with zero attached hydrogens (tertiary/aromatic N) is 1. The summed E-state index contributed by atoms with van der Waals surface area (Å²) in [5.74, 6) is 1.36. The van der Waals surface area contributed by atoms with Crippen LogP contribution in [0.25, 0.3) is 0 Å². The zero-order valence-electron chi connectivity index (χ0n) is 12.5. The summed E-state index contributed by atoms with van der Waals surface area (Å²) in [7, 11) is 2.03. The van der Waals surface area contributed by atoms with Crippen LogP contribution in [-0.4, -0.2) is 41.7 Å². The molecule has 0 radical (unpaired) electrons. The Hall–Kier alpha value is -1.39. The van der Waals surface area contributed by atoms with Crippen LogP contribution in [-0.2, 0) is 4.79 Å². The normalized spacial score (nSPS) is 31.4. The molecule has 0 aromatic heterocycles. The summed E-state index contributed by atoms with van der Waals surface area (Å²) >= 11 is 0. The molecule has 0 aliphatic heterocycles. The highest BCUT2D eigenvalue weighted by molar-refractivity contribution is 5.92. The van der Waals surface area contributed by atoms with E-state index >= 15 is 0 Å². The Morgan fingerprint density at radius 3 is 2.43 bits per heavy atom. The molecular formula is C17H24N2O2. The topological polar surface area (TPSA) is 52.6 Å². The van der Waals surface area contributed by atoms with Gasteiger partial charge in [0.25, 0.3) is 0 Å². The number of fused-ring (bicyclic) bond motifs is 1. The van der Waals surface area contributed by atoms with Crippen molar-refractivity contribution in [1.82, 2.24) is 4.90 Å². The summed E-state index contributed by atoms with van der Waals surface area (Å²) in [5.41, 5.74) is 0.849. The summed E-state index contributed by atoms with van der Waals surface area (Å²) in [4.78, 5) is 14.3. The third kappa shape index (κ3) is 3.44. The molecule has 2 fully saturated rings. The van der Waals surface area contributed by atoms with E-state index in [9.17, 15) is 9.90 Å². The highest BCUT2D eigenvalue weighted by atomic mass is 16.3. The molecule has 1 aromatic carbocycles. The molecule has 0 spiro atoms. The van der Waals surface area contributed by atoms with Crippen molar-refractivity contribution in [3.05, 3.63) is 30.3 Å². The van der Waals surface area contributed by atoms with E-state index in [1.54, 1.807) is 0 Å². The van der Waals surface area contributed by atoms with Crippen molar-refractivity contribution in [2.45, 2.75) is 37.8 Å². The molecule has 1 aromatic rings. The smallest absolute Gasteiger partial charge is 0.238 e. The Labute approximate surface area is 126 Å². The van der Waals surface area contributed by atoms with Gasteiger partial charge >= 0.3 is 0 Å². The van der Waals surface area contributed by atoms with Crippen molar-refractivity contribution in [2.24, 2.45) is 11.8 Å². The number of likely N-dealkylation sites (N-methyl/N-ethyl adjacent to an activating group) is 1. The van der Waals surface area contributed by atoms with Gasteiger partial charge in [-0.1, -0.05) is 18.2 Å². The standard InChI is InChI=1S/C17H24N2O2/c1-19(11-17(21)18-14-5-3-2-4-6-14)15-7-12-9-16(20)10-13(12)8-15/h2-6,12-13,15-16,20H,7-11H2,1H3,(H,18,21)/t12-,13+,15?,16?.